The van der Waals surface area contributed by atoms with Crippen LogP contribution in [-0.4, -0.2) is 15.9 Å². The van der Waals surface area contributed by atoms with E-state index in [1.54, 1.807) is 0 Å². The van der Waals surface area contributed by atoms with Crippen LogP contribution in [0.5, 0.6) is 0 Å². The van der Waals surface area contributed by atoms with Gasteiger partial charge in [-0.1, -0.05) is 189 Å². The molecule has 1 aliphatic carbocycles. The lowest BCUT2D eigenvalue weighted by Gasteiger charge is -2.35. The van der Waals surface area contributed by atoms with Crippen LogP contribution in [0.2, 0.25) is 0 Å². The molecule has 0 N–H and O–H groups in total. The molecule has 75 heavy (non-hydrogen) atoms. The van der Waals surface area contributed by atoms with Crippen LogP contribution in [0.15, 0.2) is 249 Å². The number of nitrogens with zero attached hydrogens (tertiary/aromatic N) is 2. The van der Waals surface area contributed by atoms with E-state index in [1.165, 1.54) is 156 Å². The average molecular weight is 955 g/mol. The number of rotatable bonds is 7. The fourth-order valence-corrected chi connectivity index (χ4v) is 13.2. The molecule has 352 valence electrons. The highest BCUT2D eigenvalue weighted by Crippen LogP contribution is 2.50. The first kappa shape index (κ1) is 43.4. The first-order valence-electron chi connectivity index (χ1n) is 26.2. The SMILES string of the molecule is C.C1=C(c2cc(-c3ccccc3)cc(-c3ccc4c5c3-c3cc(-c6ccccc6)cc6c7cc(-c8ccccc8)ccc7n(c36)B5c3cc(-c5ccccc5)cc5c6cc(-c7ccccc7)ccc6n-4c35)c2)CCC1. The van der Waals surface area contributed by atoms with Crippen molar-refractivity contribution in [1.29, 1.82) is 0 Å². The molecule has 2 aliphatic heterocycles. The van der Waals surface area contributed by atoms with E-state index < -0.39 is 0 Å². The Morgan fingerprint density at radius 1 is 0.347 bits per heavy atom. The molecule has 3 aliphatic rings. The first-order valence-corrected chi connectivity index (χ1v) is 26.2. The molecule has 0 radical (unpaired) electrons. The molecule has 0 spiro atoms. The van der Waals surface area contributed by atoms with Crippen LogP contribution in [0.4, 0.5) is 0 Å². The molecule has 11 aromatic carbocycles. The Morgan fingerprint density at radius 3 is 1.40 bits per heavy atom. The summed E-state index contributed by atoms with van der Waals surface area (Å²) in [7, 11) is 0. The molecular formula is C72H51BN2. The minimum atomic E-state index is -0.136. The van der Waals surface area contributed by atoms with Crippen LogP contribution in [-0.2, 0) is 0 Å². The lowest BCUT2D eigenvalue weighted by atomic mass is 9.45. The molecule has 0 saturated heterocycles. The summed E-state index contributed by atoms with van der Waals surface area (Å²) in [5.74, 6) is 0. The number of fused-ring (bicyclic) bond motifs is 10. The number of aromatic nitrogens is 2. The number of allylic oxidation sites excluding steroid dienone is 2. The summed E-state index contributed by atoms with van der Waals surface area (Å²) in [5.41, 5.74) is 29.1. The first-order chi connectivity index (χ1) is 36.7. The quantitative estimate of drug-likeness (QED) is 0.141. The van der Waals surface area contributed by atoms with E-state index in [1.807, 2.05) is 0 Å². The average Bonchev–Trinajstić information content (AvgIpc) is 4.44. The molecule has 0 fully saturated rings. The van der Waals surface area contributed by atoms with Gasteiger partial charge in [-0.3, -0.25) is 0 Å². The summed E-state index contributed by atoms with van der Waals surface area (Å²) < 4.78 is 5.37. The zero-order valence-electron chi connectivity index (χ0n) is 40.8. The zero-order chi connectivity index (χ0) is 48.4. The normalized spacial score (nSPS) is 13.1. The smallest absolute Gasteiger partial charge is 0.333 e. The second kappa shape index (κ2) is 16.9. The van der Waals surface area contributed by atoms with Crippen LogP contribution in [0.3, 0.4) is 0 Å². The van der Waals surface area contributed by atoms with Crippen LogP contribution in [0, 0.1) is 0 Å². The van der Waals surface area contributed by atoms with E-state index in [0.29, 0.717) is 0 Å². The molecule has 4 heterocycles. The Bertz CT molecular complexity index is 4470. The maximum atomic E-state index is 2.74. The lowest BCUT2D eigenvalue weighted by Crippen LogP contribution is -2.55. The van der Waals surface area contributed by atoms with Crippen molar-refractivity contribution in [3.05, 3.63) is 254 Å². The molecule has 0 unspecified atom stereocenters. The highest BCUT2D eigenvalue weighted by molar-refractivity contribution is 6.90. The van der Waals surface area contributed by atoms with Gasteiger partial charge in [0.1, 0.15) is 0 Å². The monoisotopic (exact) mass is 954 g/mol. The topological polar surface area (TPSA) is 9.86 Å². The highest BCUT2D eigenvalue weighted by atomic mass is 15.0. The van der Waals surface area contributed by atoms with Crippen LogP contribution >= 0.6 is 0 Å². The molecule has 13 aromatic rings. The van der Waals surface area contributed by atoms with Gasteiger partial charge in [0.25, 0.3) is 0 Å². The zero-order valence-corrected chi connectivity index (χ0v) is 40.8. The molecule has 2 nitrogen and oxygen atoms in total. The second-order valence-electron chi connectivity index (χ2n) is 20.6. The largest absolute Gasteiger partial charge is 0.375 e. The molecule has 0 amide bonds. The maximum absolute atomic E-state index is 2.74. The minimum Gasteiger partial charge on any atom is -0.375 e. The van der Waals surface area contributed by atoms with Gasteiger partial charge in [-0.25, -0.2) is 0 Å². The van der Waals surface area contributed by atoms with Gasteiger partial charge in [0.15, 0.2) is 0 Å². The Hall–Kier alpha value is -9.18. The highest BCUT2D eigenvalue weighted by Gasteiger charge is 2.43. The third kappa shape index (κ3) is 6.60. The predicted molar refractivity (Wildman–Crippen MR) is 321 cm³/mol. The van der Waals surface area contributed by atoms with E-state index in [0.717, 1.165) is 12.8 Å². The Kier molecular flexibility index (Phi) is 9.81. The van der Waals surface area contributed by atoms with Crippen molar-refractivity contribution in [3.8, 4) is 83.6 Å². The molecule has 16 rings (SSSR count). The van der Waals surface area contributed by atoms with Gasteiger partial charge in [0.05, 0.1) is 11.0 Å². The lowest BCUT2D eigenvalue weighted by molar-refractivity contribution is 0.935. The molecule has 2 aromatic heterocycles. The third-order valence-electron chi connectivity index (χ3n) is 16.5. The molecule has 3 heteroatoms. The van der Waals surface area contributed by atoms with Crippen molar-refractivity contribution in [1.82, 2.24) is 9.05 Å². The van der Waals surface area contributed by atoms with E-state index in [4.69, 9.17) is 0 Å². The second-order valence-corrected chi connectivity index (χ2v) is 20.6. The fraction of sp³-hybridized carbons (Fsp3) is 0.0556. The van der Waals surface area contributed by atoms with E-state index in [2.05, 4.69) is 258 Å². The van der Waals surface area contributed by atoms with Crippen molar-refractivity contribution < 1.29 is 0 Å². The van der Waals surface area contributed by atoms with Gasteiger partial charge in [0.2, 0.25) is 0 Å². The summed E-state index contributed by atoms with van der Waals surface area (Å²) in [6, 6.07) is 91.5. The standard InChI is InChI=1S/C71H47BN2.CH4/c1-6-18-45(19-7-1)51-30-33-65-59(39-51)62-42-56(50-26-14-5-15-27-50)44-64-71(62)73(65)67-35-32-58(57-37-53(47-22-10-3-11-23-47)36-54(38-57)48-28-16-17-29-48)68-63-43-55(49-24-12-4-13-25-49)41-61-60-40-52(46-20-8-2-9-21-46)31-34-66(60)74(70(61)63)72(64)69(67)68;/h1-15,18-28,30-44H,16-17,29H2;1H4. The van der Waals surface area contributed by atoms with E-state index in [9.17, 15) is 0 Å². The van der Waals surface area contributed by atoms with Gasteiger partial charge >= 0.3 is 6.85 Å². The predicted octanol–water partition coefficient (Wildman–Crippen LogP) is 18.0. The van der Waals surface area contributed by atoms with Crippen LogP contribution < -0.4 is 10.9 Å². The third-order valence-corrected chi connectivity index (χ3v) is 16.5. The van der Waals surface area contributed by atoms with Crippen molar-refractivity contribution >= 4 is 67.0 Å². The molecule has 0 atom stereocenters. The maximum Gasteiger partial charge on any atom is 0.333 e. The molecule has 0 bridgehead atoms. The Labute approximate surface area is 438 Å². The molecule has 0 saturated carbocycles. The van der Waals surface area contributed by atoms with Gasteiger partial charge in [-0.15, -0.1) is 0 Å². The summed E-state index contributed by atoms with van der Waals surface area (Å²) in [4.78, 5) is 0. The summed E-state index contributed by atoms with van der Waals surface area (Å²) in [6.45, 7) is -0.136. The summed E-state index contributed by atoms with van der Waals surface area (Å²) >= 11 is 0. The van der Waals surface area contributed by atoms with Crippen molar-refractivity contribution in [2.24, 2.45) is 0 Å². The van der Waals surface area contributed by atoms with Gasteiger partial charge in [-0.05, 0) is 180 Å². The van der Waals surface area contributed by atoms with Crippen molar-refractivity contribution in [3.63, 3.8) is 0 Å². The molecular weight excluding hydrogens is 904 g/mol. The number of benzene rings is 11. The summed E-state index contributed by atoms with van der Waals surface area (Å²) in [6.07, 6.45) is 5.90. The summed E-state index contributed by atoms with van der Waals surface area (Å²) in [5, 5.41) is 5.09. The van der Waals surface area contributed by atoms with Crippen LogP contribution in [0.25, 0.3) is 133 Å². The Balaban J connectivity index is 0.00000495. The van der Waals surface area contributed by atoms with Gasteiger partial charge in [0, 0.05) is 43.8 Å². The van der Waals surface area contributed by atoms with Gasteiger partial charge < -0.3 is 9.05 Å². The van der Waals surface area contributed by atoms with Crippen LogP contribution in [0.1, 0.15) is 32.3 Å². The number of hydrogen-bond donors (Lipinski definition) is 0. The van der Waals surface area contributed by atoms with E-state index >= 15 is 0 Å². The van der Waals surface area contributed by atoms with Crippen molar-refractivity contribution in [2.45, 2.75) is 26.7 Å². The Morgan fingerprint density at radius 2 is 0.827 bits per heavy atom. The minimum absolute atomic E-state index is 0. The number of hydrogen-bond acceptors (Lipinski definition) is 0. The van der Waals surface area contributed by atoms with E-state index in [-0.39, 0.29) is 14.3 Å². The van der Waals surface area contributed by atoms with Gasteiger partial charge in [-0.2, -0.15) is 0 Å². The van der Waals surface area contributed by atoms with Crippen molar-refractivity contribution in [2.75, 3.05) is 0 Å². The fourth-order valence-electron chi connectivity index (χ4n) is 13.2.